The molecule has 0 saturated carbocycles. The van der Waals surface area contributed by atoms with Crippen LogP contribution in [-0.4, -0.2) is 9.38 Å². The van der Waals surface area contributed by atoms with E-state index in [1.54, 1.807) is 28.8 Å². The molecular weight excluding hydrogens is 245 g/mol. The van der Waals surface area contributed by atoms with Crippen LogP contribution in [0.1, 0.15) is 5.69 Å². The minimum Gasteiger partial charge on any atom is -0.485 e. The second-order valence-corrected chi connectivity index (χ2v) is 4.17. The van der Waals surface area contributed by atoms with Crippen LogP contribution in [0.15, 0.2) is 48.8 Å². The molecule has 0 saturated heterocycles. The van der Waals surface area contributed by atoms with Gasteiger partial charge < -0.3 is 14.9 Å². The van der Waals surface area contributed by atoms with E-state index in [0.717, 1.165) is 0 Å². The normalized spacial score (nSPS) is 10.8. The maximum atomic E-state index is 13.1. The summed E-state index contributed by atoms with van der Waals surface area (Å²) in [5.74, 6) is 0.315. The van der Waals surface area contributed by atoms with Crippen LogP contribution >= 0.6 is 0 Å². The van der Waals surface area contributed by atoms with Crippen LogP contribution in [0.2, 0.25) is 0 Å². The summed E-state index contributed by atoms with van der Waals surface area (Å²) in [5.41, 5.74) is 7.76. The van der Waals surface area contributed by atoms with Crippen molar-refractivity contribution in [2.75, 3.05) is 5.73 Å². The van der Waals surface area contributed by atoms with E-state index < -0.39 is 0 Å². The number of rotatable bonds is 3. The van der Waals surface area contributed by atoms with Gasteiger partial charge in [0, 0.05) is 12.4 Å². The molecular formula is C14H12FN3O. The van der Waals surface area contributed by atoms with Gasteiger partial charge in [-0.1, -0.05) is 12.1 Å². The summed E-state index contributed by atoms with van der Waals surface area (Å²) in [6.45, 7) is 0.289. The minimum absolute atomic E-state index is 0.289. The lowest BCUT2D eigenvalue weighted by molar-refractivity contribution is 0.304. The first kappa shape index (κ1) is 11.5. The van der Waals surface area contributed by atoms with Crippen molar-refractivity contribution in [3.05, 3.63) is 60.3 Å². The maximum absolute atomic E-state index is 13.1. The van der Waals surface area contributed by atoms with E-state index >= 15 is 0 Å². The van der Waals surface area contributed by atoms with Gasteiger partial charge in [-0.2, -0.15) is 0 Å². The Labute approximate surface area is 109 Å². The summed E-state index contributed by atoms with van der Waals surface area (Å²) in [6, 6.07) is 10.3. The van der Waals surface area contributed by atoms with Gasteiger partial charge in [-0.3, -0.25) is 0 Å². The molecule has 0 bridgehead atoms. The van der Waals surface area contributed by atoms with Crippen LogP contribution in [0.5, 0.6) is 5.75 Å². The van der Waals surface area contributed by atoms with E-state index in [1.807, 2.05) is 12.1 Å². The molecule has 2 heterocycles. The zero-order chi connectivity index (χ0) is 13.2. The number of pyridine rings is 1. The fourth-order valence-corrected chi connectivity index (χ4v) is 1.85. The molecule has 0 aliphatic heterocycles. The van der Waals surface area contributed by atoms with Crippen molar-refractivity contribution in [1.29, 1.82) is 0 Å². The first-order chi connectivity index (χ1) is 9.22. The second-order valence-electron chi connectivity index (χ2n) is 4.17. The van der Waals surface area contributed by atoms with Gasteiger partial charge in [0.1, 0.15) is 23.8 Å². The monoisotopic (exact) mass is 257 g/mol. The lowest BCUT2D eigenvalue weighted by Crippen LogP contribution is -1.98. The molecule has 0 atom stereocenters. The van der Waals surface area contributed by atoms with Gasteiger partial charge in [0.2, 0.25) is 0 Å². The second kappa shape index (κ2) is 4.61. The number of benzene rings is 1. The Morgan fingerprint density at radius 2 is 2.00 bits per heavy atom. The number of halogens is 1. The minimum atomic E-state index is -0.301. The molecule has 0 aliphatic carbocycles. The predicted molar refractivity (Wildman–Crippen MR) is 70.3 cm³/mol. The van der Waals surface area contributed by atoms with Crippen molar-refractivity contribution in [3.63, 3.8) is 0 Å². The quantitative estimate of drug-likeness (QED) is 0.734. The molecule has 2 N–H and O–H groups in total. The number of hydrogen-bond donors (Lipinski definition) is 1. The summed E-state index contributed by atoms with van der Waals surface area (Å²) in [4.78, 5) is 4.33. The van der Waals surface area contributed by atoms with Gasteiger partial charge in [0.25, 0.3) is 0 Å². The molecule has 3 aromatic rings. The van der Waals surface area contributed by atoms with Crippen LogP contribution in [0, 0.1) is 5.82 Å². The average molecular weight is 257 g/mol. The standard InChI is InChI=1S/C14H12FN3O/c15-10-5-6-14-17-11(8-18(14)7-10)9-19-13-4-2-1-3-12(13)16/h1-8H,9,16H2. The van der Waals surface area contributed by atoms with Gasteiger partial charge in [-0.15, -0.1) is 0 Å². The number of fused-ring (bicyclic) bond motifs is 1. The van der Waals surface area contributed by atoms with Crippen LogP contribution in [-0.2, 0) is 6.61 Å². The van der Waals surface area contributed by atoms with E-state index in [1.165, 1.54) is 12.3 Å². The number of nitrogens with zero attached hydrogens (tertiary/aromatic N) is 2. The van der Waals surface area contributed by atoms with Crippen molar-refractivity contribution >= 4 is 11.3 Å². The summed E-state index contributed by atoms with van der Waals surface area (Å²) in [5, 5.41) is 0. The fourth-order valence-electron chi connectivity index (χ4n) is 1.85. The van der Waals surface area contributed by atoms with Crippen molar-refractivity contribution < 1.29 is 9.13 Å². The lowest BCUT2D eigenvalue weighted by Gasteiger charge is -2.06. The zero-order valence-corrected chi connectivity index (χ0v) is 10.1. The van der Waals surface area contributed by atoms with E-state index in [4.69, 9.17) is 10.5 Å². The van der Waals surface area contributed by atoms with Gasteiger partial charge in [-0.25, -0.2) is 9.37 Å². The highest BCUT2D eigenvalue weighted by atomic mass is 19.1. The Hall–Kier alpha value is -2.56. The Balaban J connectivity index is 1.80. The number of imidazole rings is 1. The Morgan fingerprint density at radius 3 is 2.84 bits per heavy atom. The molecule has 3 rings (SSSR count). The number of hydrogen-bond acceptors (Lipinski definition) is 3. The van der Waals surface area contributed by atoms with E-state index in [-0.39, 0.29) is 12.4 Å². The first-order valence-electron chi connectivity index (χ1n) is 5.83. The highest BCUT2D eigenvalue weighted by Crippen LogP contribution is 2.21. The molecule has 2 aromatic heterocycles. The lowest BCUT2D eigenvalue weighted by atomic mass is 10.3. The highest BCUT2D eigenvalue weighted by Gasteiger charge is 2.04. The van der Waals surface area contributed by atoms with E-state index in [2.05, 4.69) is 4.98 Å². The maximum Gasteiger partial charge on any atom is 0.142 e. The number of ether oxygens (including phenoxy) is 1. The molecule has 0 amide bonds. The molecule has 0 unspecified atom stereocenters. The molecule has 0 aliphatic rings. The number of anilines is 1. The van der Waals surface area contributed by atoms with Crippen molar-refractivity contribution in [3.8, 4) is 5.75 Å². The number of aromatic nitrogens is 2. The van der Waals surface area contributed by atoms with Gasteiger partial charge in [0.15, 0.2) is 0 Å². The molecule has 5 heteroatoms. The Kier molecular flexibility index (Phi) is 2.79. The van der Waals surface area contributed by atoms with Crippen molar-refractivity contribution in [2.45, 2.75) is 6.61 Å². The first-order valence-corrected chi connectivity index (χ1v) is 5.83. The van der Waals surface area contributed by atoms with E-state index in [0.29, 0.717) is 22.8 Å². The van der Waals surface area contributed by atoms with Crippen LogP contribution in [0.25, 0.3) is 5.65 Å². The SMILES string of the molecule is Nc1ccccc1OCc1cn2cc(F)ccc2n1. The average Bonchev–Trinajstić information content (AvgIpc) is 2.79. The largest absolute Gasteiger partial charge is 0.485 e. The molecule has 4 nitrogen and oxygen atoms in total. The third kappa shape index (κ3) is 2.35. The van der Waals surface area contributed by atoms with Gasteiger partial charge in [-0.05, 0) is 24.3 Å². The number of para-hydroxylation sites is 2. The van der Waals surface area contributed by atoms with Crippen LogP contribution < -0.4 is 10.5 Å². The van der Waals surface area contributed by atoms with Crippen LogP contribution in [0.4, 0.5) is 10.1 Å². The molecule has 19 heavy (non-hydrogen) atoms. The van der Waals surface area contributed by atoms with Crippen LogP contribution in [0.3, 0.4) is 0 Å². The van der Waals surface area contributed by atoms with Gasteiger partial charge >= 0.3 is 0 Å². The van der Waals surface area contributed by atoms with Crippen molar-refractivity contribution in [2.24, 2.45) is 0 Å². The molecule has 1 aromatic carbocycles. The topological polar surface area (TPSA) is 52.5 Å². The van der Waals surface area contributed by atoms with E-state index in [9.17, 15) is 4.39 Å². The van der Waals surface area contributed by atoms with Gasteiger partial charge in [0.05, 0.1) is 11.4 Å². The molecule has 0 spiro atoms. The third-order valence-electron chi connectivity index (χ3n) is 2.76. The molecule has 0 radical (unpaired) electrons. The summed E-state index contributed by atoms with van der Waals surface area (Å²) in [7, 11) is 0. The smallest absolute Gasteiger partial charge is 0.142 e. The fraction of sp³-hybridized carbons (Fsp3) is 0.0714. The summed E-state index contributed by atoms with van der Waals surface area (Å²) >= 11 is 0. The van der Waals surface area contributed by atoms with Crippen molar-refractivity contribution in [1.82, 2.24) is 9.38 Å². The summed E-state index contributed by atoms with van der Waals surface area (Å²) < 4.78 is 20.3. The summed E-state index contributed by atoms with van der Waals surface area (Å²) in [6.07, 6.45) is 3.11. The Bertz CT molecular complexity index is 724. The molecule has 96 valence electrons. The Morgan fingerprint density at radius 1 is 1.16 bits per heavy atom. The predicted octanol–water partition coefficient (Wildman–Crippen LogP) is 2.63. The highest BCUT2D eigenvalue weighted by molar-refractivity contribution is 5.51. The number of nitrogen functional groups attached to an aromatic ring is 1. The molecule has 0 fully saturated rings. The zero-order valence-electron chi connectivity index (χ0n) is 10.1. The third-order valence-corrected chi connectivity index (χ3v) is 2.76. The number of nitrogens with two attached hydrogens (primary N) is 1.